The Bertz CT molecular complexity index is 1050. The number of aliphatic imine (C=N–C) groups is 1. The number of rotatable bonds is 6. The molecule has 1 aromatic carbocycles. The molecule has 1 fully saturated rings. The first-order valence-electron chi connectivity index (χ1n) is 10.3. The van der Waals surface area contributed by atoms with Gasteiger partial charge in [0.15, 0.2) is 5.17 Å². The van der Waals surface area contributed by atoms with Crippen molar-refractivity contribution >= 4 is 63.3 Å². The Kier molecular flexibility index (Phi) is 7.17. The summed E-state index contributed by atoms with van der Waals surface area (Å²) in [5.41, 5.74) is 1.11. The number of anilines is 1. The summed E-state index contributed by atoms with van der Waals surface area (Å²) in [5.74, 6) is -0.616. The van der Waals surface area contributed by atoms with E-state index in [1.807, 2.05) is 12.1 Å². The van der Waals surface area contributed by atoms with Crippen LogP contribution in [0.25, 0.3) is 0 Å². The molecule has 0 spiro atoms. The van der Waals surface area contributed by atoms with Gasteiger partial charge in [0.1, 0.15) is 5.25 Å². The minimum absolute atomic E-state index is 0.0666. The monoisotopic (exact) mass is 490 g/mol. The molecule has 0 unspecified atom stereocenters. The van der Waals surface area contributed by atoms with Gasteiger partial charge in [-0.1, -0.05) is 23.4 Å². The lowest BCUT2D eigenvalue weighted by Crippen LogP contribution is -2.26. The molecule has 1 aromatic heterocycles. The highest BCUT2D eigenvalue weighted by atomic mass is 35.5. The summed E-state index contributed by atoms with van der Waals surface area (Å²) in [7, 11) is 1.74. The second-order valence-corrected chi connectivity index (χ2v) is 10.7. The lowest BCUT2D eigenvalue weighted by atomic mass is 10.1. The number of likely N-dealkylation sites (tertiary alicyclic amines) is 1. The standard InChI is InChI=1S/C22H23ClN4O3S2/c1-26(13-16-8-9-18(23)31-16)21(30)14-4-6-15(7-5-14)24-19(28)12-17-20(29)25-22(32-17)27-10-2-3-11-27/h4-9,17H,2-3,10-13H2,1H3,(H,24,28)/t17-/m0/s1. The molecule has 4 rings (SSSR count). The summed E-state index contributed by atoms with van der Waals surface area (Å²) >= 11 is 8.77. The van der Waals surface area contributed by atoms with Crippen molar-refractivity contribution in [3.05, 3.63) is 51.2 Å². The number of hydrogen-bond acceptors (Lipinski definition) is 6. The quantitative estimate of drug-likeness (QED) is 0.659. The number of nitrogens with one attached hydrogen (secondary N) is 1. The maximum atomic E-state index is 12.6. The third kappa shape index (κ3) is 5.51. The number of thioether (sulfide) groups is 1. The average Bonchev–Trinajstić information content (AvgIpc) is 3.51. The van der Waals surface area contributed by atoms with Crippen LogP contribution in [0.1, 0.15) is 34.5 Å². The van der Waals surface area contributed by atoms with Crippen molar-refractivity contribution in [3.8, 4) is 0 Å². The second-order valence-electron chi connectivity index (χ2n) is 7.73. The molecule has 1 N–H and O–H groups in total. The normalized spacial score (nSPS) is 18.1. The van der Waals surface area contributed by atoms with Gasteiger partial charge in [0, 0.05) is 42.7 Å². The van der Waals surface area contributed by atoms with E-state index in [0.29, 0.717) is 22.1 Å². The zero-order valence-electron chi connectivity index (χ0n) is 17.5. The lowest BCUT2D eigenvalue weighted by molar-refractivity contribution is -0.121. The summed E-state index contributed by atoms with van der Waals surface area (Å²) in [6, 6.07) is 10.5. The minimum Gasteiger partial charge on any atom is -0.351 e. The Morgan fingerprint density at radius 1 is 1.19 bits per heavy atom. The van der Waals surface area contributed by atoms with Crippen molar-refractivity contribution in [2.75, 3.05) is 25.5 Å². The Morgan fingerprint density at radius 3 is 2.56 bits per heavy atom. The molecule has 2 aromatic rings. The summed E-state index contributed by atoms with van der Waals surface area (Å²) in [4.78, 5) is 46.1. The number of carbonyl (C=O) groups is 3. The van der Waals surface area contributed by atoms with Crippen LogP contribution in [0.2, 0.25) is 4.34 Å². The molecule has 2 aliphatic heterocycles. The molecule has 7 nitrogen and oxygen atoms in total. The fraction of sp³-hybridized carbons (Fsp3) is 0.364. The number of carbonyl (C=O) groups excluding carboxylic acids is 3. The van der Waals surface area contributed by atoms with E-state index in [4.69, 9.17) is 11.6 Å². The van der Waals surface area contributed by atoms with Crippen LogP contribution in [0.4, 0.5) is 5.69 Å². The highest BCUT2D eigenvalue weighted by Crippen LogP contribution is 2.29. The van der Waals surface area contributed by atoms with Gasteiger partial charge < -0.3 is 15.1 Å². The average molecular weight is 491 g/mol. The predicted molar refractivity (Wildman–Crippen MR) is 129 cm³/mol. The SMILES string of the molecule is CN(Cc1ccc(Cl)s1)C(=O)c1ccc(NC(=O)C[C@@H]2SC(N3CCCC3)=NC2=O)cc1. The van der Waals surface area contributed by atoms with Gasteiger partial charge in [0.25, 0.3) is 11.8 Å². The summed E-state index contributed by atoms with van der Waals surface area (Å²) in [5, 5.41) is 3.06. The van der Waals surface area contributed by atoms with Crippen molar-refractivity contribution in [3.63, 3.8) is 0 Å². The van der Waals surface area contributed by atoms with Crippen LogP contribution in [-0.4, -0.2) is 58.1 Å². The number of amides is 3. The number of halogens is 1. The molecule has 10 heteroatoms. The van der Waals surface area contributed by atoms with E-state index in [0.717, 1.165) is 36.0 Å². The van der Waals surface area contributed by atoms with Crippen LogP contribution >= 0.6 is 34.7 Å². The van der Waals surface area contributed by atoms with Crippen molar-refractivity contribution in [2.45, 2.75) is 31.1 Å². The summed E-state index contributed by atoms with van der Waals surface area (Å²) in [6.45, 7) is 2.31. The van der Waals surface area contributed by atoms with E-state index in [9.17, 15) is 14.4 Å². The molecule has 1 atom stereocenters. The van der Waals surface area contributed by atoms with Crippen LogP contribution in [0.3, 0.4) is 0 Å². The van der Waals surface area contributed by atoms with Crippen molar-refractivity contribution < 1.29 is 14.4 Å². The molecular weight excluding hydrogens is 468 g/mol. The first kappa shape index (κ1) is 22.8. The van der Waals surface area contributed by atoms with Gasteiger partial charge in [-0.2, -0.15) is 4.99 Å². The van der Waals surface area contributed by atoms with E-state index in [1.165, 1.54) is 23.1 Å². The van der Waals surface area contributed by atoms with Crippen LogP contribution in [0.5, 0.6) is 0 Å². The van der Waals surface area contributed by atoms with E-state index in [1.54, 1.807) is 36.2 Å². The number of amidine groups is 1. The zero-order valence-corrected chi connectivity index (χ0v) is 19.9. The van der Waals surface area contributed by atoms with Crippen molar-refractivity contribution in [1.82, 2.24) is 9.80 Å². The molecule has 0 saturated carbocycles. The minimum atomic E-state index is -0.481. The summed E-state index contributed by atoms with van der Waals surface area (Å²) < 4.78 is 0.692. The van der Waals surface area contributed by atoms with E-state index >= 15 is 0 Å². The third-order valence-corrected chi connectivity index (χ3v) is 7.69. The highest BCUT2D eigenvalue weighted by Gasteiger charge is 2.33. The molecule has 0 radical (unpaired) electrons. The van der Waals surface area contributed by atoms with Crippen LogP contribution < -0.4 is 5.32 Å². The Balaban J connectivity index is 1.28. The van der Waals surface area contributed by atoms with Gasteiger partial charge in [0.2, 0.25) is 5.91 Å². The summed E-state index contributed by atoms with van der Waals surface area (Å²) in [6.07, 6.45) is 2.28. The number of nitrogens with zero attached hydrogens (tertiary/aromatic N) is 3. The second kappa shape index (κ2) is 10.1. The van der Waals surface area contributed by atoms with Crippen molar-refractivity contribution in [1.29, 1.82) is 0 Å². The first-order valence-corrected chi connectivity index (χ1v) is 12.4. The molecule has 2 aliphatic rings. The first-order chi connectivity index (χ1) is 15.4. The topological polar surface area (TPSA) is 82.1 Å². The zero-order chi connectivity index (χ0) is 22.7. The fourth-order valence-corrected chi connectivity index (χ4v) is 5.85. The Labute approximate surface area is 199 Å². The molecule has 3 heterocycles. The third-order valence-electron chi connectivity index (χ3n) is 5.26. The molecule has 0 aliphatic carbocycles. The number of hydrogen-bond donors (Lipinski definition) is 1. The predicted octanol–water partition coefficient (Wildman–Crippen LogP) is 4.10. The fourth-order valence-electron chi connectivity index (χ4n) is 3.59. The van der Waals surface area contributed by atoms with Gasteiger partial charge in [-0.05, 0) is 49.2 Å². The Hall–Kier alpha value is -2.36. The van der Waals surface area contributed by atoms with E-state index < -0.39 is 5.25 Å². The molecule has 3 amide bonds. The number of thiophene rings is 1. The number of benzene rings is 1. The van der Waals surface area contributed by atoms with Crippen LogP contribution in [0, 0.1) is 0 Å². The maximum Gasteiger partial charge on any atom is 0.262 e. The Morgan fingerprint density at radius 2 is 1.91 bits per heavy atom. The van der Waals surface area contributed by atoms with Gasteiger partial charge >= 0.3 is 0 Å². The molecule has 168 valence electrons. The van der Waals surface area contributed by atoms with E-state index in [2.05, 4.69) is 15.2 Å². The van der Waals surface area contributed by atoms with Gasteiger partial charge in [-0.3, -0.25) is 14.4 Å². The van der Waals surface area contributed by atoms with Crippen LogP contribution in [0.15, 0.2) is 41.4 Å². The van der Waals surface area contributed by atoms with Gasteiger partial charge in [0.05, 0.1) is 10.9 Å². The smallest absolute Gasteiger partial charge is 0.262 e. The van der Waals surface area contributed by atoms with Gasteiger partial charge in [-0.15, -0.1) is 11.3 Å². The molecule has 32 heavy (non-hydrogen) atoms. The maximum absolute atomic E-state index is 12.6. The largest absolute Gasteiger partial charge is 0.351 e. The van der Waals surface area contributed by atoms with Crippen LogP contribution in [-0.2, 0) is 16.1 Å². The molecule has 0 bridgehead atoms. The van der Waals surface area contributed by atoms with Gasteiger partial charge in [-0.25, -0.2) is 0 Å². The van der Waals surface area contributed by atoms with Crippen molar-refractivity contribution in [2.24, 2.45) is 4.99 Å². The highest BCUT2D eigenvalue weighted by molar-refractivity contribution is 8.15. The lowest BCUT2D eigenvalue weighted by Gasteiger charge is -2.17. The van der Waals surface area contributed by atoms with E-state index in [-0.39, 0.29) is 24.1 Å². The molecule has 1 saturated heterocycles. The molecular formula is C22H23ClN4O3S2.